The molecule has 12 heteroatoms. The Hall–Kier alpha value is -4.61. The zero-order chi connectivity index (χ0) is 31.0. The molecule has 43 heavy (non-hydrogen) atoms. The van der Waals surface area contributed by atoms with Gasteiger partial charge in [0.25, 0.3) is 11.8 Å². The maximum absolute atomic E-state index is 13.4. The van der Waals surface area contributed by atoms with Crippen LogP contribution in [0.5, 0.6) is 0 Å². The first-order valence-electron chi connectivity index (χ1n) is 12.5. The van der Waals surface area contributed by atoms with Crippen molar-refractivity contribution < 1.29 is 31.9 Å². The highest BCUT2D eigenvalue weighted by molar-refractivity contribution is 8.00. The minimum atomic E-state index is -4.60. The van der Waals surface area contributed by atoms with Crippen molar-refractivity contribution in [2.45, 2.75) is 11.1 Å². The number of amides is 3. The number of benzene rings is 4. The van der Waals surface area contributed by atoms with E-state index in [0.29, 0.717) is 21.7 Å². The highest BCUT2D eigenvalue weighted by atomic mass is 35.5. The van der Waals surface area contributed by atoms with Crippen molar-refractivity contribution in [3.63, 3.8) is 0 Å². The van der Waals surface area contributed by atoms with Gasteiger partial charge in [0.2, 0.25) is 5.91 Å². The average molecular weight is 628 g/mol. The lowest BCUT2D eigenvalue weighted by molar-refractivity contribution is -0.137. The lowest BCUT2D eigenvalue weighted by atomic mass is 10.1. The molecular weight excluding hydrogens is 606 g/mol. The Balaban J connectivity index is 1.44. The van der Waals surface area contributed by atoms with Gasteiger partial charge in [0.1, 0.15) is 11.5 Å². The Labute approximate surface area is 253 Å². The molecule has 0 fully saturated rings. The molecule has 0 aliphatic carbocycles. The number of thioether (sulfide) groups is 1. The lowest BCUT2D eigenvalue weighted by Gasteiger charge is -2.13. The Morgan fingerprint density at radius 2 is 1.56 bits per heavy atom. The van der Waals surface area contributed by atoms with Crippen LogP contribution in [-0.2, 0) is 15.8 Å². The number of nitrogens with one attached hydrogen (secondary N) is 3. The van der Waals surface area contributed by atoms with Crippen molar-refractivity contribution in [2.75, 3.05) is 16.4 Å². The fourth-order valence-electron chi connectivity index (χ4n) is 3.66. The largest absolute Gasteiger partial charge is 0.416 e. The van der Waals surface area contributed by atoms with E-state index in [2.05, 4.69) is 16.0 Å². The summed E-state index contributed by atoms with van der Waals surface area (Å²) in [6.45, 7) is 0. The Morgan fingerprint density at radius 1 is 0.837 bits per heavy atom. The van der Waals surface area contributed by atoms with Crippen molar-refractivity contribution in [3.8, 4) is 0 Å². The van der Waals surface area contributed by atoms with Crippen molar-refractivity contribution in [1.82, 2.24) is 5.32 Å². The molecule has 220 valence electrons. The second-order valence-corrected chi connectivity index (χ2v) is 10.4. The summed E-state index contributed by atoms with van der Waals surface area (Å²) in [7, 11) is 0. The van der Waals surface area contributed by atoms with Gasteiger partial charge in [-0.25, -0.2) is 4.39 Å². The number of alkyl halides is 3. The van der Waals surface area contributed by atoms with E-state index in [1.165, 1.54) is 30.3 Å². The number of halogens is 5. The summed E-state index contributed by atoms with van der Waals surface area (Å²) in [4.78, 5) is 39.0. The Kier molecular flexibility index (Phi) is 10.2. The maximum Gasteiger partial charge on any atom is 0.416 e. The molecule has 4 aromatic carbocycles. The van der Waals surface area contributed by atoms with Gasteiger partial charge in [-0.3, -0.25) is 14.4 Å². The molecule has 0 unspecified atom stereocenters. The maximum atomic E-state index is 13.4. The summed E-state index contributed by atoms with van der Waals surface area (Å²) < 4.78 is 52.5. The van der Waals surface area contributed by atoms with Gasteiger partial charge in [0, 0.05) is 16.1 Å². The zero-order valence-corrected chi connectivity index (χ0v) is 23.6. The van der Waals surface area contributed by atoms with Crippen LogP contribution >= 0.6 is 23.4 Å². The van der Waals surface area contributed by atoms with Crippen molar-refractivity contribution in [3.05, 3.63) is 130 Å². The van der Waals surface area contributed by atoms with E-state index in [9.17, 15) is 31.9 Å². The third-order valence-electron chi connectivity index (χ3n) is 5.74. The van der Waals surface area contributed by atoms with E-state index < -0.39 is 35.3 Å². The molecule has 0 aliphatic heterocycles. The third kappa shape index (κ3) is 9.19. The number of rotatable bonds is 9. The fraction of sp³-hybridized carbons (Fsp3) is 0.0645. The number of hydrogen-bond acceptors (Lipinski definition) is 4. The SMILES string of the molecule is O=C(CSc1cccc(NC(=O)/C(=C/c2ccc(F)cc2)NC(=O)c2ccccc2)c1)Nc1cc(C(F)(F)F)ccc1Cl. The summed E-state index contributed by atoms with van der Waals surface area (Å²) in [6.07, 6.45) is -3.19. The molecule has 0 bridgehead atoms. The molecule has 0 atom stereocenters. The van der Waals surface area contributed by atoms with E-state index in [4.69, 9.17) is 11.6 Å². The Bertz CT molecular complexity index is 1660. The van der Waals surface area contributed by atoms with Gasteiger partial charge >= 0.3 is 6.18 Å². The third-order valence-corrected chi connectivity index (χ3v) is 7.06. The van der Waals surface area contributed by atoms with E-state index in [0.717, 1.165) is 30.0 Å². The first-order chi connectivity index (χ1) is 20.5. The molecule has 3 amide bonds. The van der Waals surface area contributed by atoms with Gasteiger partial charge in [0.15, 0.2) is 0 Å². The number of anilines is 2. The predicted octanol–water partition coefficient (Wildman–Crippen LogP) is 7.64. The molecule has 4 rings (SSSR count). The quantitative estimate of drug-likeness (QED) is 0.101. The standard InChI is InChI=1S/C31H22ClF4N3O3S/c32-25-14-11-21(31(34,35)36)16-26(25)38-28(40)18-43-24-8-4-7-23(17-24)37-30(42)27(15-19-9-12-22(33)13-10-19)39-29(41)20-5-2-1-3-6-20/h1-17H,18H2,(H,37,42)(H,38,40)(H,39,41)/b27-15-. The smallest absolute Gasteiger partial charge is 0.324 e. The van der Waals surface area contributed by atoms with Crippen LogP contribution in [0.4, 0.5) is 28.9 Å². The number of hydrogen-bond donors (Lipinski definition) is 3. The highest BCUT2D eigenvalue weighted by Crippen LogP contribution is 2.34. The van der Waals surface area contributed by atoms with Crippen LogP contribution in [-0.4, -0.2) is 23.5 Å². The molecular formula is C31H22ClF4N3O3S. The topological polar surface area (TPSA) is 87.3 Å². The van der Waals surface area contributed by atoms with Crippen LogP contribution in [0.1, 0.15) is 21.5 Å². The second kappa shape index (κ2) is 14.0. The van der Waals surface area contributed by atoms with Crippen LogP contribution in [0, 0.1) is 5.82 Å². The molecule has 6 nitrogen and oxygen atoms in total. The molecule has 0 saturated carbocycles. The average Bonchev–Trinajstić information content (AvgIpc) is 2.98. The minimum Gasteiger partial charge on any atom is -0.324 e. The summed E-state index contributed by atoms with van der Waals surface area (Å²) in [5, 5.41) is 7.62. The van der Waals surface area contributed by atoms with Crippen LogP contribution in [0.2, 0.25) is 5.02 Å². The first kappa shape index (κ1) is 31.3. The van der Waals surface area contributed by atoms with E-state index in [-0.39, 0.29) is 22.2 Å². The van der Waals surface area contributed by atoms with E-state index in [1.54, 1.807) is 54.6 Å². The van der Waals surface area contributed by atoms with Gasteiger partial charge < -0.3 is 16.0 Å². The van der Waals surface area contributed by atoms with Gasteiger partial charge in [0.05, 0.1) is 22.0 Å². The van der Waals surface area contributed by atoms with Crippen LogP contribution < -0.4 is 16.0 Å². The molecule has 3 N–H and O–H groups in total. The summed E-state index contributed by atoms with van der Waals surface area (Å²) in [6, 6.07) is 22.7. The van der Waals surface area contributed by atoms with Crippen LogP contribution in [0.25, 0.3) is 6.08 Å². The Morgan fingerprint density at radius 3 is 2.26 bits per heavy atom. The molecule has 4 aromatic rings. The van der Waals surface area contributed by atoms with Crippen molar-refractivity contribution in [2.24, 2.45) is 0 Å². The van der Waals surface area contributed by atoms with E-state index in [1.807, 2.05) is 0 Å². The highest BCUT2D eigenvalue weighted by Gasteiger charge is 2.31. The fourth-order valence-corrected chi connectivity index (χ4v) is 4.58. The van der Waals surface area contributed by atoms with Gasteiger partial charge in [-0.2, -0.15) is 13.2 Å². The number of carbonyl (C=O) groups excluding carboxylic acids is 3. The van der Waals surface area contributed by atoms with Crippen LogP contribution in [0.15, 0.2) is 108 Å². The van der Waals surface area contributed by atoms with Gasteiger partial charge in [-0.15, -0.1) is 11.8 Å². The second-order valence-electron chi connectivity index (χ2n) is 8.94. The predicted molar refractivity (Wildman–Crippen MR) is 159 cm³/mol. The molecule has 0 radical (unpaired) electrons. The first-order valence-corrected chi connectivity index (χ1v) is 13.9. The minimum absolute atomic E-state index is 0.0417. The molecule has 0 aromatic heterocycles. The monoisotopic (exact) mass is 627 g/mol. The van der Waals surface area contributed by atoms with Crippen molar-refractivity contribution >= 4 is 58.5 Å². The molecule has 0 spiro atoms. The lowest BCUT2D eigenvalue weighted by Crippen LogP contribution is -2.30. The normalized spacial score (nSPS) is 11.5. The summed E-state index contributed by atoms with van der Waals surface area (Å²) in [5.74, 6) is -2.40. The van der Waals surface area contributed by atoms with Crippen molar-refractivity contribution in [1.29, 1.82) is 0 Å². The molecule has 0 heterocycles. The van der Waals surface area contributed by atoms with Gasteiger partial charge in [-0.05, 0) is 72.3 Å². The number of carbonyl (C=O) groups is 3. The summed E-state index contributed by atoms with van der Waals surface area (Å²) in [5.41, 5.74) is -0.0807. The molecule has 0 saturated heterocycles. The van der Waals surface area contributed by atoms with Gasteiger partial charge in [-0.1, -0.05) is 48.0 Å². The van der Waals surface area contributed by atoms with Crippen LogP contribution in [0.3, 0.4) is 0 Å². The summed E-state index contributed by atoms with van der Waals surface area (Å²) >= 11 is 7.03. The molecule has 0 aliphatic rings. The van der Waals surface area contributed by atoms with E-state index >= 15 is 0 Å². The zero-order valence-electron chi connectivity index (χ0n) is 22.0.